The van der Waals surface area contributed by atoms with Gasteiger partial charge in [0.15, 0.2) is 0 Å². The van der Waals surface area contributed by atoms with Crippen LogP contribution in [-0.4, -0.2) is 36.3 Å². The second-order valence-electron chi connectivity index (χ2n) is 9.24. The number of anilines is 2. The van der Waals surface area contributed by atoms with E-state index in [1.807, 2.05) is 0 Å². The van der Waals surface area contributed by atoms with Crippen LogP contribution in [0.2, 0.25) is 25.7 Å². The second-order valence-corrected chi connectivity index (χ2v) is 14.9. The Labute approximate surface area is 188 Å². The molecular weight excluding hydrogens is 473 g/mol. The zero-order valence-electron chi connectivity index (χ0n) is 18.4. The first-order valence-electron chi connectivity index (χ1n) is 9.91. The molecule has 3 rings (SSSR count). The first-order chi connectivity index (χ1) is 12.7. The van der Waals surface area contributed by atoms with Crippen LogP contribution in [0.3, 0.4) is 0 Å². The van der Waals surface area contributed by atoms with Crippen molar-refractivity contribution in [3.05, 3.63) is 42.5 Å². The van der Waals surface area contributed by atoms with Gasteiger partial charge in [0.25, 0.3) is 0 Å². The summed E-state index contributed by atoms with van der Waals surface area (Å²) in [5.74, 6) is 0. The third-order valence-electron chi connectivity index (χ3n) is 5.26. The summed E-state index contributed by atoms with van der Waals surface area (Å²) in [6, 6.07) is 17.3. The average molecular weight is 508 g/mol. The van der Waals surface area contributed by atoms with Crippen molar-refractivity contribution >= 4 is 41.3 Å². The molecule has 3 aromatic rings. The van der Waals surface area contributed by atoms with Gasteiger partial charge in [0, 0.05) is 77.0 Å². The third kappa shape index (κ3) is 5.17. The molecule has 0 saturated heterocycles. The molecule has 1 heterocycles. The molecule has 0 radical (unpaired) electrons. The molecule has 2 aromatic carbocycles. The van der Waals surface area contributed by atoms with Gasteiger partial charge in [0.05, 0.1) is 0 Å². The van der Waals surface area contributed by atoms with E-state index in [2.05, 4.69) is 105 Å². The van der Waals surface area contributed by atoms with Crippen LogP contribution in [0.5, 0.6) is 0 Å². The predicted octanol–water partition coefficient (Wildman–Crippen LogP) is 2.14. The van der Waals surface area contributed by atoms with E-state index in [9.17, 15) is 0 Å². The Morgan fingerprint density at radius 2 is 1.21 bits per heavy atom. The van der Waals surface area contributed by atoms with E-state index < -0.39 is 8.07 Å². The molecule has 152 valence electrons. The topological polar surface area (TPSA) is 10.4 Å². The van der Waals surface area contributed by atoms with E-state index in [-0.39, 0.29) is 24.0 Å². The fraction of sp³-hybridized carbons (Fsp3) is 0.435. The summed E-state index contributed by atoms with van der Waals surface area (Å²) in [5.41, 5.74) is 5.18. The van der Waals surface area contributed by atoms with E-state index in [0.29, 0.717) is 0 Å². The van der Waals surface area contributed by atoms with Crippen LogP contribution >= 0.6 is 0 Å². The zero-order chi connectivity index (χ0) is 19.8. The lowest BCUT2D eigenvalue weighted by atomic mass is 10.1. The molecule has 0 fully saturated rings. The highest BCUT2D eigenvalue weighted by atomic mass is 127. The maximum Gasteiger partial charge on any atom is 0.215 e. The van der Waals surface area contributed by atoms with E-state index >= 15 is 0 Å². The number of aromatic nitrogens is 1. The maximum atomic E-state index is 2.55. The lowest BCUT2D eigenvalue weighted by Gasteiger charge is -2.17. The number of hydrogen-bond acceptors (Lipinski definition) is 2. The SMILES string of the molecule is CN(C)c1ccc2cc3ccc(N(C)C)cc3[n+](CCC[Si](C)(C)C)c2c1.[I-]. The summed E-state index contributed by atoms with van der Waals surface area (Å²) >= 11 is 0. The number of hydrogen-bond donors (Lipinski definition) is 0. The normalized spacial score (nSPS) is 11.5. The number of halogens is 1. The summed E-state index contributed by atoms with van der Waals surface area (Å²) in [6.45, 7) is 8.47. The van der Waals surface area contributed by atoms with Crippen molar-refractivity contribution in [2.75, 3.05) is 38.0 Å². The Kier molecular flexibility index (Phi) is 7.36. The van der Waals surface area contributed by atoms with Crippen molar-refractivity contribution < 1.29 is 28.5 Å². The van der Waals surface area contributed by atoms with Crippen LogP contribution in [0.15, 0.2) is 42.5 Å². The molecule has 0 atom stereocenters. The molecule has 28 heavy (non-hydrogen) atoms. The van der Waals surface area contributed by atoms with E-state index in [1.54, 1.807) is 0 Å². The Balaban J connectivity index is 0.00000280. The van der Waals surface area contributed by atoms with E-state index in [4.69, 9.17) is 0 Å². The second kappa shape index (κ2) is 8.99. The average Bonchev–Trinajstić information content (AvgIpc) is 2.59. The Morgan fingerprint density at radius 3 is 1.61 bits per heavy atom. The molecule has 0 saturated carbocycles. The van der Waals surface area contributed by atoms with Crippen molar-refractivity contribution in [1.82, 2.24) is 0 Å². The van der Waals surface area contributed by atoms with Gasteiger partial charge in [-0.05, 0) is 30.3 Å². The fourth-order valence-electron chi connectivity index (χ4n) is 3.64. The smallest absolute Gasteiger partial charge is 0.215 e. The van der Waals surface area contributed by atoms with Crippen LogP contribution in [-0.2, 0) is 6.54 Å². The quantitative estimate of drug-likeness (QED) is 0.219. The molecule has 0 aliphatic carbocycles. The lowest BCUT2D eigenvalue weighted by molar-refractivity contribution is -0.645. The van der Waals surface area contributed by atoms with Gasteiger partial charge in [0.2, 0.25) is 11.0 Å². The first kappa shape index (κ1) is 22.9. The van der Waals surface area contributed by atoms with E-state index in [0.717, 1.165) is 6.54 Å². The summed E-state index contributed by atoms with van der Waals surface area (Å²) < 4.78 is 2.55. The van der Waals surface area contributed by atoms with Gasteiger partial charge < -0.3 is 33.8 Å². The van der Waals surface area contributed by atoms with Gasteiger partial charge in [-0.25, -0.2) is 0 Å². The van der Waals surface area contributed by atoms with Gasteiger partial charge in [-0.15, -0.1) is 0 Å². The van der Waals surface area contributed by atoms with Gasteiger partial charge in [-0.2, -0.15) is 4.57 Å². The van der Waals surface area contributed by atoms with Crippen molar-refractivity contribution in [3.63, 3.8) is 0 Å². The minimum absolute atomic E-state index is 0. The molecule has 0 aliphatic heterocycles. The van der Waals surface area contributed by atoms with Crippen LogP contribution in [0.4, 0.5) is 11.4 Å². The predicted molar refractivity (Wildman–Crippen MR) is 123 cm³/mol. The molecule has 0 N–H and O–H groups in total. The van der Waals surface area contributed by atoms with Gasteiger partial charge in [-0.3, -0.25) is 0 Å². The third-order valence-corrected chi connectivity index (χ3v) is 7.12. The fourth-order valence-corrected chi connectivity index (χ4v) is 4.86. The van der Waals surface area contributed by atoms with Crippen molar-refractivity contribution in [3.8, 4) is 0 Å². The highest BCUT2D eigenvalue weighted by Crippen LogP contribution is 2.25. The molecule has 3 nitrogen and oxygen atoms in total. The Hall–Kier alpha value is -1.34. The molecule has 1 aromatic heterocycles. The highest BCUT2D eigenvalue weighted by Gasteiger charge is 2.19. The highest BCUT2D eigenvalue weighted by molar-refractivity contribution is 6.76. The summed E-state index contributed by atoms with van der Waals surface area (Å²) in [7, 11) is 7.42. The van der Waals surface area contributed by atoms with Crippen LogP contribution in [0, 0.1) is 0 Å². The Bertz CT molecular complexity index is 895. The molecule has 0 amide bonds. The van der Waals surface area contributed by atoms with Crippen molar-refractivity contribution in [2.45, 2.75) is 38.7 Å². The van der Waals surface area contributed by atoms with Crippen molar-refractivity contribution in [1.29, 1.82) is 0 Å². The monoisotopic (exact) mass is 507 g/mol. The van der Waals surface area contributed by atoms with Gasteiger partial charge in [-0.1, -0.05) is 25.7 Å². The minimum Gasteiger partial charge on any atom is -1.00 e. The number of rotatable bonds is 6. The van der Waals surface area contributed by atoms with Crippen LogP contribution in [0.25, 0.3) is 21.8 Å². The number of aryl methyl sites for hydroxylation is 1. The minimum atomic E-state index is -1.03. The first-order valence-corrected chi connectivity index (χ1v) is 13.6. The van der Waals surface area contributed by atoms with E-state index in [1.165, 1.54) is 45.6 Å². The number of pyridine rings is 1. The molecular formula is C23H34IN3Si. The number of fused-ring (bicyclic) bond motifs is 2. The van der Waals surface area contributed by atoms with Gasteiger partial charge in [0.1, 0.15) is 6.54 Å². The number of nitrogens with zero attached hydrogens (tertiary/aromatic N) is 3. The van der Waals surface area contributed by atoms with Crippen molar-refractivity contribution in [2.24, 2.45) is 0 Å². The van der Waals surface area contributed by atoms with Crippen LogP contribution < -0.4 is 38.3 Å². The lowest BCUT2D eigenvalue weighted by Crippen LogP contribution is -3.00. The Morgan fingerprint density at radius 1 is 0.750 bits per heavy atom. The number of benzene rings is 2. The molecule has 5 heteroatoms. The van der Waals surface area contributed by atoms with Crippen LogP contribution in [0.1, 0.15) is 6.42 Å². The largest absolute Gasteiger partial charge is 1.00 e. The molecule has 0 bridgehead atoms. The summed E-state index contributed by atoms with van der Waals surface area (Å²) in [5, 5.41) is 2.64. The summed E-state index contributed by atoms with van der Waals surface area (Å²) in [4.78, 5) is 4.37. The standard InChI is InChI=1S/C23H34N3Si.HI/c1-24(2)20-11-9-18-15-19-10-12-21(25(3)4)17-23(19)26(22(18)16-20)13-8-14-27(5,6)7;/h9-12,15-17H,8,13-14H2,1-7H3;1H/q+1;/p-1. The van der Waals surface area contributed by atoms with Gasteiger partial charge >= 0.3 is 0 Å². The molecule has 0 unspecified atom stereocenters. The molecule has 0 spiro atoms. The molecule has 0 aliphatic rings. The maximum absolute atomic E-state index is 2.55. The zero-order valence-corrected chi connectivity index (χ0v) is 21.5. The summed E-state index contributed by atoms with van der Waals surface area (Å²) in [6.07, 6.45) is 1.24.